The Morgan fingerprint density at radius 2 is 2.10 bits per heavy atom. The van der Waals surface area contributed by atoms with Crippen LogP contribution in [-0.2, 0) is 18.6 Å². The van der Waals surface area contributed by atoms with Crippen LogP contribution in [0.1, 0.15) is 29.1 Å². The Morgan fingerprint density at radius 3 is 2.90 bits per heavy atom. The number of hydrogen-bond acceptors (Lipinski definition) is 11. The van der Waals surface area contributed by atoms with E-state index in [0.29, 0.717) is 47.9 Å². The molecule has 7 rings (SSSR count). The molecule has 0 amide bonds. The Balaban J connectivity index is 1.20. The van der Waals surface area contributed by atoms with Crippen LogP contribution < -0.4 is 10.5 Å². The van der Waals surface area contributed by atoms with E-state index in [4.69, 9.17) is 14.9 Å². The molecule has 0 radical (unpaired) electrons. The van der Waals surface area contributed by atoms with Gasteiger partial charge in [0, 0.05) is 24.1 Å². The molecule has 0 spiro atoms. The molecule has 1 aliphatic carbocycles. The second-order valence-electron chi connectivity index (χ2n) is 9.81. The zero-order valence-corrected chi connectivity index (χ0v) is 21.8. The highest BCUT2D eigenvalue weighted by Crippen LogP contribution is 2.69. The summed E-state index contributed by atoms with van der Waals surface area (Å²) >= 11 is 1.36. The fourth-order valence-electron chi connectivity index (χ4n) is 5.57. The largest absolute Gasteiger partial charge is 0.467 e. The normalized spacial score (nSPS) is 25.0. The Kier molecular flexibility index (Phi) is 5.84. The van der Waals surface area contributed by atoms with Crippen LogP contribution in [0.15, 0.2) is 80.5 Å². The number of azo groups is 1. The number of pyridine rings is 1. The van der Waals surface area contributed by atoms with Gasteiger partial charge in [0.25, 0.3) is 0 Å². The minimum Gasteiger partial charge on any atom is -0.467 e. The van der Waals surface area contributed by atoms with Crippen molar-refractivity contribution >= 4 is 28.0 Å². The van der Waals surface area contributed by atoms with Crippen molar-refractivity contribution in [1.29, 1.82) is 0 Å². The quantitative estimate of drug-likeness (QED) is 0.329. The van der Waals surface area contributed by atoms with Crippen molar-refractivity contribution in [3.63, 3.8) is 0 Å². The van der Waals surface area contributed by atoms with Gasteiger partial charge in [-0.3, -0.25) is 4.98 Å². The number of amidine groups is 1. The van der Waals surface area contributed by atoms with E-state index in [-0.39, 0.29) is 23.3 Å². The van der Waals surface area contributed by atoms with Crippen LogP contribution in [0.2, 0.25) is 0 Å². The number of oxazole rings is 1. The number of fused-ring (bicyclic) bond motifs is 2. The van der Waals surface area contributed by atoms with Gasteiger partial charge in [0.05, 0.1) is 40.6 Å². The van der Waals surface area contributed by atoms with E-state index in [1.165, 1.54) is 36.5 Å². The number of ether oxygens (including phenoxy) is 1. The number of aliphatic imine (C=N–C) groups is 1. The van der Waals surface area contributed by atoms with Crippen molar-refractivity contribution in [2.75, 3.05) is 13.2 Å². The first-order valence-corrected chi connectivity index (χ1v) is 13.4. The summed E-state index contributed by atoms with van der Waals surface area (Å²) in [5, 5.41) is 8.52. The molecule has 1 aromatic carbocycles. The summed E-state index contributed by atoms with van der Waals surface area (Å²) < 4.78 is 40.7. The zero-order valence-electron chi connectivity index (χ0n) is 21.0. The Hall–Kier alpha value is -4.26. The van der Waals surface area contributed by atoms with Crippen LogP contribution in [-0.4, -0.2) is 43.1 Å². The number of thioether (sulfide) groups is 1. The van der Waals surface area contributed by atoms with Crippen LogP contribution in [0.25, 0.3) is 11.0 Å². The highest BCUT2D eigenvalue weighted by atomic mass is 32.2. The Morgan fingerprint density at radius 1 is 1.18 bits per heavy atom. The number of rotatable bonds is 8. The van der Waals surface area contributed by atoms with Crippen LogP contribution >= 0.6 is 11.8 Å². The molecule has 0 unspecified atom stereocenters. The maximum absolute atomic E-state index is 15.4. The molecule has 0 bridgehead atoms. The number of nitrogens with two attached hydrogens (primary N) is 1. The number of alkyl halides is 1. The molecular formula is C27H22F2N8O2S. The van der Waals surface area contributed by atoms with Crippen LogP contribution in [0.3, 0.4) is 0 Å². The first-order valence-electron chi connectivity index (χ1n) is 12.6. The van der Waals surface area contributed by atoms with E-state index in [2.05, 4.69) is 35.2 Å². The van der Waals surface area contributed by atoms with E-state index >= 15 is 8.78 Å². The molecular weight excluding hydrogens is 538 g/mol. The van der Waals surface area contributed by atoms with Crippen molar-refractivity contribution < 1.29 is 17.9 Å². The molecule has 40 heavy (non-hydrogen) atoms. The highest BCUT2D eigenvalue weighted by molar-refractivity contribution is 8.15. The SMILES string of the molecule is NC1=N[C@](CF)(c2cc(Cc3nccc4nc(OCc5ncco5)cnc34)ccc2F)[C@@H]2C[C@]2(C2=CCN=N2)S1. The summed E-state index contributed by atoms with van der Waals surface area (Å²) in [7, 11) is 0. The first kappa shape index (κ1) is 24.8. The number of benzene rings is 1. The van der Waals surface area contributed by atoms with Gasteiger partial charge in [0.2, 0.25) is 11.8 Å². The maximum Gasteiger partial charge on any atom is 0.233 e. The predicted octanol–water partition coefficient (Wildman–Crippen LogP) is 4.66. The van der Waals surface area contributed by atoms with Crippen LogP contribution in [0.5, 0.6) is 5.88 Å². The van der Waals surface area contributed by atoms with Crippen molar-refractivity contribution in [2.45, 2.75) is 29.7 Å². The maximum atomic E-state index is 15.4. The molecule has 2 N–H and O–H groups in total. The first-order chi connectivity index (χ1) is 19.5. The number of aromatic nitrogens is 4. The lowest BCUT2D eigenvalue weighted by Gasteiger charge is -2.35. The van der Waals surface area contributed by atoms with Gasteiger partial charge in [-0.25, -0.2) is 28.7 Å². The average Bonchev–Trinajstić information content (AvgIpc) is 3.31. The van der Waals surface area contributed by atoms with Crippen LogP contribution in [0.4, 0.5) is 8.78 Å². The average molecular weight is 561 g/mol. The van der Waals surface area contributed by atoms with E-state index in [0.717, 1.165) is 11.3 Å². The topological polar surface area (TPSA) is 137 Å². The fourth-order valence-corrected chi connectivity index (χ4v) is 6.96. The van der Waals surface area contributed by atoms with Gasteiger partial charge in [-0.15, -0.1) is 0 Å². The molecule has 3 aromatic heterocycles. The van der Waals surface area contributed by atoms with Crippen molar-refractivity contribution in [2.24, 2.45) is 26.9 Å². The molecule has 0 saturated heterocycles. The molecule has 5 heterocycles. The van der Waals surface area contributed by atoms with Crippen molar-refractivity contribution in [1.82, 2.24) is 19.9 Å². The standard InChI is InChI=1S/C27H22F2N8O2S/c28-14-26(20-11-27(20,40-25(30)36-26)21-4-6-34-37-21)16-9-15(1-2-17(16)29)10-19-24-18(3-5-31-19)35-22(12-33-24)39-13-23-32-7-8-38-23/h1-5,7-9,12,20H,6,10-11,13-14H2,(H2,30,36)/t20-,26+,27-/m0/s1. The predicted molar refractivity (Wildman–Crippen MR) is 143 cm³/mol. The minimum absolute atomic E-state index is 0.119. The molecule has 1 fully saturated rings. The monoisotopic (exact) mass is 560 g/mol. The molecule has 13 heteroatoms. The summed E-state index contributed by atoms with van der Waals surface area (Å²) in [4.78, 5) is 22.1. The highest BCUT2D eigenvalue weighted by Gasteiger charge is 2.70. The molecule has 1 saturated carbocycles. The number of hydrogen-bond donors (Lipinski definition) is 1. The third-order valence-electron chi connectivity index (χ3n) is 7.47. The summed E-state index contributed by atoms with van der Waals surface area (Å²) in [6.07, 6.45) is 8.95. The lowest BCUT2D eigenvalue weighted by Crippen LogP contribution is -2.40. The molecule has 3 aliphatic rings. The van der Waals surface area contributed by atoms with Gasteiger partial charge in [-0.1, -0.05) is 17.8 Å². The smallest absolute Gasteiger partial charge is 0.233 e. The van der Waals surface area contributed by atoms with Gasteiger partial charge in [0.1, 0.15) is 29.8 Å². The van der Waals surface area contributed by atoms with E-state index in [1.54, 1.807) is 24.4 Å². The van der Waals surface area contributed by atoms with E-state index < -0.39 is 22.8 Å². The van der Waals surface area contributed by atoms with Gasteiger partial charge in [-0.05, 0) is 36.3 Å². The van der Waals surface area contributed by atoms with E-state index in [1.807, 2.05) is 6.08 Å². The summed E-state index contributed by atoms with van der Waals surface area (Å²) in [6, 6.07) is 6.40. The number of nitrogens with zero attached hydrogens (tertiary/aromatic N) is 7. The number of halogens is 2. The Labute approximate surface area is 230 Å². The molecule has 10 nitrogen and oxygen atoms in total. The fraction of sp³-hybridized carbons (Fsp3) is 0.296. The lowest BCUT2D eigenvalue weighted by molar-refractivity contribution is 0.253. The second-order valence-corrected chi connectivity index (χ2v) is 11.2. The summed E-state index contributed by atoms with van der Waals surface area (Å²) in [6.45, 7) is -0.295. The van der Waals surface area contributed by atoms with Gasteiger partial charge < -0.3 is 14.9 Å². The Bertz CT molecular complexity index is 1710. The molecule has 202 valence electrons. The van der Waals surface area contributed by atoms with Crippen molar-refractivity contribution in [3.8, 4) is 5.88 Å². The van der Waals surface area contributed by atoms with Crippen molar-refractivity contribution in [3.05, 3.63) is 89.4 Å². The molecule has 2 aliphatic heterocycles. The third-order valence-corrected chi connectivity index (χ3v) is 8.80. The second kappa shape index (κ2) is 9.44. The lowest BCUT2D eigenvalue weighted by atomic mass is 9.83. The minimum atomic E-state index is -1.45. The van der Waals surface area contributed by atoms with Gasteiger partial charge in [-0.2, -0.15) is 10.2 Å². The zero-order chi connectivity index (χ0) is 27.3. The molecule has 3 atom stereocenters. The summed E-state index contributed by atoms with van der Waals surface area (Å²) in [5.74, 6) is -0.101. The van der Waals surface area contributed by atoms with Gasteiger partial charge in [0.15, 0.2) is 11.8 Å². The summed E-state index contributed by atoms with van der Waals surface area (Å²) in [5.41, 5.74) is 8.22. The van der Waals surface area contributed by atoms with Gasteiger partial charge >= 0.3 is 0 Å². The van der Waals surface area contributed by atoms with Crippen LogP contribution in [0, 0.1) is 11.7 Å². The third kappa shape index (κ3) is 4.03. The molecule has 4 aromatic rings. The van der Waals surface area contributed by atoms with E-state index in [9.17, 15) is 0 Å².